The van der Waals surface area contributed by atoms with E-state index in [0.29, 0.717) is 12.0 Å². The van der Waals surface area contributed by atoms with Crippen LogP contribution in [0.15, 0.2) is 44.9 Å². The molecule has 2 atom stereocenters. The van der Waals surface area contributed by atoms with Gasteiger partial charge in [0.2, 0.25) is 15.9 Å². The number of aromatic amines is 1. The van der Waals surface area contributed by atoms with Crippen molar-refractivity contribution >= 4 is 15.9 Å². The number of carbonyl (C=O) groups is 1. The van der Waals surface area contributed by atoms with Crippen molar-refractivity contribution < 1.29 is 18.3 Å². The largest absolute Gasteiger partial charge is 0.389 e. The lowest BCUT2D eigenvalue weighted by molar-refractivity contribution is -0.130. The Balaban J connectivity index is 1.65. The fourth-order valence-electron chi connectivity index (χ4n) is 3.33. The van der Waals surface area contributed by atoms with Crippen molar-refractivity contribution in [2.24, 2.45) is 5.14 Å². The maximum atomic E-state index is 12.5. The molecule has 156 valence electrons. The van der Waals surface area contributed by atoms with E-state index in [9.17, 15) is 27.9 Å². The summed E-state index contributed by atoms with van der Waals surface area (Å²) in [5.74, 6) is -0.198. The minimum atomic E-state index is -3.76. The van der Waals surface area contributed by atoms with Gasteiger partial charge in [0.1, 0.15) is 0 Å². The number of nitrogens with zero attached hydrogens (tertiary/aromatic N) is 2. The van der Waals surface area contributed by atoms with Crippen LogP contribution in [0.3, 0.4) is 0 Å². The third-order valence-electron chi connectivity index (χ3n) is 4.99. The lowest BCUT2D eigenvalue weighted by Crippen LogP contribution is -2.37. The van der Waals surface area contributed by atoms with Gasteiger partial charge >= 0.3 is 5.69 Å². The number of rotatable bonds is 5. The van der Waals surface area contributed by atoms with E-state index in [1.807, 2.05) is 0 Å². The molecule has 3 rings (SSSR count). The first-order chi connectivity index (χ1) is 13.6. The first-order valence-electron chi connectivity index (χ1n) is 8.96. The number of aliphatic hydroxyl groups excluding tert-OH is 1. The third kappa shape index (κ3) is 4.63. The molecule has 1 aromatic heterocycles. The second-order valence-electron chi connectivity index (χ2n) is 7.10. The number of H-pyrrole nitrogens is 1. The molecule has 0 unspecified atom stereocenters. The van der Waals surface area contributed by atoms with Gasteiger partial charge in [-0.2, -0.15) is 0 Å². The molecular formula is C18H22N4O6S. The maximum absolute atomic E-state index is 12.5. The molecule has 0 bridgehead atoms. The lowest BCUT2D eigenvalue weighted by atomic mass is 10.1. The summed E-state index contributed by atoms with van der Waals surface area (Å²) in [5, 5.41) is 15.4. The van der Waals surface area contributed by atoms with Crippen LogP contribution in [0.4, 0.5) is 0 Å². The van der Waals surface area contributed by atoms with Crippen LogP contribution in [0.5, 0.6) is 0 Å². The summed E-state index contributed by atoms with van der Waals surface area (Å²) < 4.78 is 23.8. The standard InChI is InChI=1S/C18H22N4O6S/c1-11-8-22(18(26)20-17(11)25)14-9-21(10-15(14)23)16(24)7-4-12-2-5-13(6-3-12)29(19,27)28/h2-3,5-6,8,14-15,23H,4,7,9-10H2,1H3,(H2,19,27,28)(H,20,25,26)/t14-,15-/m1/s1. The summed E-state index contributed by atoms with van der Waals surface area (Å²) in [6.07, 6.45) is 0.999. The van der Waals surface area contributed by atoms with Gasteiger partial charge in [-0.1, -0.05) is 12.1 Å². The highest BCUT2D eigenvalue weighted by Gasteiger charge is 2.35. The Morgan fingerprint density at radius 1 is 1.24 bits per heavy atom. The molecule has 0 aliphatic carbocycles. The van der Waals surface area contributed by atoms with Gasteiger partial charge in [0.25, 0.3) is 5.56 Å². The predicted molar refractivity (Wildman–Crippen MR) is 104 cm³/mol. The smallest absolute Gasteiger partial charge is 0.328 e. The summed E-state index contributed by atoms with van der Waals surface area (Å²) in [6, 6.07) is 5.32. The lowest BCUT2D eigenvalue weighted by Gasteiger charge is -2.18. The van der Waals surface area contributed by atoms with Gasteiger partial charge in [-0.3, -0.25) is 19.1 Å². The number of primary sulfonamides is 1. The number of nitrogens with two attached hydrogens (primary N) is 1. The number of nitrogens with one attached hydrogen (secondary N) is 1. The van der Waals surface area contributed by atoms with Gasteiger partial charge in [0.15, 0.2) is 0 Å². The van der Waals surface area contributed by atoms with Crippen LogP contribution in [-0.4, -0.2) is 53.1 Å². The van der Waals surface area contributed by atoms with Gasteiger partial charge in [0, 0.05) is 31.3 Å². The van der Waals surface area contributed by atoms with Crippen LogP contribution < -0.4 is 16.4 Å². The first kappa shape index (κ1) is 21.0. The van der Waals surface area contributed by atoms with Gasteiger partial charge < -0.3 is 10.0 Å². The Morgan fingerprint density at radius 2 is 1.90 bits per heavy atom. The van der Waals surface area contributed by atoms with Crippen LogP contribution in [0, 0.1) is 6.92 Å². The number of hydrogen-bond donors (Lipinski definition) is 3. The number of hydrogen-bond acceptors (Lipinski definition) is 6. The molecule has 11 heteroatoms. The third-order valence-corrected chi connectivity index (χ3v) is 5.92. The molecule has 1 fully saturated rings. The number of aliphatic hydroxyl groups is 1. The molecule has 1 saturated heterocycles. The minimum Gasteiger partial charge on any atom is -0.389 e. The quantitative estimate of drug-likeness (QED) is 0.554. The van der Waals surface area contributed by atoms with Crippen LogP contribution >= 0.6 is 0 Å². The van der Waals surface area contributed by atoms with Crippen molar-refractivity contribution in [3.05, 3.63) is 62.4 Å². The highest BCUT2D eigenvalue weighted by molar-refractivity contribution is 7.89. The van der Waals surface area contributed by atoms with E-state index < -0.39 is 33.4 Å². The SMILES string of the molecule is Cc1cn([C@@H]2CN(C(=O)CCc3ccc(S(N)(=O)=O)cc3)C[C@H]2O)c(=O)[nH]c1=O. The molecule has 0 saturated carbocycles. The van der Waals surface area contributed by atoms with Crippen molar-refractivity contribution in [2.45, 2.75) is 36.8 Å². The number of amides is 1. The summed E-state index contributed by atoms with van der Waals surface area (Å²) >= 11 is 0. The van der Waals surface area contributed by atoms with E-state index in [1.165, 1.54) is 27.8 Å². The summed E-state index contributed by atoms with van der Waals surface area (Å²) in [4.78, 5) is 39.8. The Labute approximate surface area is 166 Å². The van der Waals surface area contributed by atoms with Crippen molar-refractivity contribution in [1.82, 2.24) is 14.5 Å². The monoisotopic (exact) mass is 422 g/mol. The van der Waals surface area contributed by atoms with Crippen molar-refractivity contribution in [3.63, 3.8) is 0 Å². The molecule has 29 heavy (non-hydrogen) atoms. The van der Waals surface area contributed by atoms with Crippen LogP contribution in [0.25, 0.3) is 0 Å². The molecule has 1 amide bonds. The van der Waals surface area contributed by atoms with Crippen LogP contribution in [-0.2, 0) is 21.2 Å². The average Bonchev–Trinajstić information content (AvgIpc) is 3.04. The molecule has 2 aromatic rings. The second-order valence-corrected chi connectivity index (χ2v) is 8.66. The number of aryl methyl sites for hydroxylation is 2. The zero-order valence-electron chi connectivity index (χ0n) is 15.7. The first-order valence-corrected chi connectivity index (χ1v) is 10.5. The predicted octanol–water partition coefficient (Wildman–Crippen LogP) is -1.13. The van der Waals surface area contributed by atoms with Crippen molar-refractivity contribution in [1.29, 1.82) is 0 Å². The van der Waals surface area contributed by atoms with Gasteiger partial charge in [-0.15, -0.1) is 0 Å². The van der Waals surface area contributed by atoms with E-state index in [0.717, 1.165) is 5.56 Å². The number of benzene rings is 1. The number of carbonyl (C=O) groups excluding carboxylic acids is 1. The molecule has 4 N–H and O–H groups in total. The fourth-order valence-corrected chi connectivity index (χ4v) is 3.85. The number of likely N-dealkylation sites (tertiary alicyclic amines) is 1. The normalized spacial score (nSPS) is 19.5. The molecule has 0 spiro atoms. The fraction of sp³-hybridized carbons (Fsp3) is 0.389. The molecule has 2 heterocycles. The topological polar surface area (TPSA) is 156 Å². The van der Waals surface area contributed by atoms with Crippen molar-refractivity contribution in [2.75, 3.05) is 13.1 Å². The Hall–Kier alpha value is -2.76. The highest BCUT2D eigenvalue weighted by Crippen LogP contribution is 2.22. The Morgan fingerprint density at radius 3 is 2.52 bits per heavy atom. The van der Waals surface area contributed by atoms with E-state index in [1.54, 1.807) is 19.1 Å². The molecular weight excluding hydrogens is 400 g/mol. The van der Waals surface area contributed by atoms with Gasteiger partial charge in [-0.05, 0) is 31.0 Å². The molecule has 1 aromatic carbocycles. The average molecular weight is 422 g/mol. The van der Waals surface area contributed by atoms with E-state index in [2.05, 4.69) is 4.98 Å². The molecule has 1 aliphatic heterocycles. The minimum absolute atomic E-state index is 0.000258. The van der Waals surface area contributed by atoms with Crippen LogP contribution in [0.2, 0.25) is 0 Å². The van der Waals surface area contributed by atoms with Crippen molar-refractivity contribution in [3.8, 4) is 0 Å². The Kier molecular flexibility index (Phi) is 5.73. The summed E-state index contributed by atoms with van der Waals surface area (Å²) in [5.41, 5.74) is -0.00643. The number of β-amino-alcohol motifs (C(OH)–C–C–N with tert-alkyl or cyclic N) is 1. The zero-order chi connectivity index (χ0) is 21.3. The van der Waals surface area contributed by atoms with Gasteiger partial charge in [-0.25, -0.2) is 18.4 Å². The summed E-state index contributed by atoms with van der Waals surface area (Å²) in [6.45, 7) is 1.79. The summed E-state index contributed by atoms with van der Waals surface area (Å²) in [7, 11) is -3.76. The van der Waals surface area contributed by atoms with Gasteiger partial charge in [0.05, 0.1) is 17.0 Å². The molecule has 0 radical (unpaired) electrons. The number of aromatic nitrogens is 2. The second kappa shape index (κ2) is 7.93. The van der Waals surface area contributed by atoms with E-state index in [-0.39, 0.29) is 30.3 Å². The van der Waals surface area contributed by atoms with E-state index >= 15 is 0 Å². The zero-order valence-corrected chi connectivity index (χ0v) is 16.6. The molecule has 1 aliphatic rings. The maximum Gasteiger partial charge on any atom is 0.328 e. The molecule has 10 nitrogen and oxygen atoms in total. The highest BCUT2D eigenvalue weighted by atomic mass is 32.2. The Bertz CT molecular complexity index is 1140. The van der Waals surface area contributed by atoms with Crippen LogP contribution in [0.1, 0.15) is 23.6 Å². The number of sulfonamides is 1. The van der Waals surface area contributed by atoms with E-state index in [4.69, 9.17) is 5.14 Å².